The van der Waals surface area contributed by atoms with Gasteiger partial charge in [-0.2, -0.15) is 0 Å². The van der Waals surface area contributed by atoms with Gasteiger partial charge in [-0.3, -0.25) is 9.69 Å². The average molecular weight is 472 g/mol. The van der Waals surface area contributed by atoms with Gasteiger partial charge in [0.1, 0.15) is 37.1 Å². The molecule has 35 heavy (non-hydrogen) atoms. The number of carbonyl (C=O) groups is 1. The number of ether oxygens (including phenoxy) is 4. The Morgan fingerprint density at radius 2 is 1.66 bits per heavy atom. The third kappa shape index (κ3) is 6.10. The van der Waals surface area contributed by atoms with E-state index in [9.17, 15) is 4.79 Å². The SMILES string of the molecule is O=C1/C(=C/c2ccc(OCCN3CCOCC3)cc2)COc2cc(OCc3ccccc3)ccc21. The zero-order valence-electron chi connectivity index (χ0n) is 19.7. The van der Waals surface area contributed by atoms with Crippen LogP contribution in [0, 0.1) is 0 Å². The predicted molar refractivity (Wildman–Crippen MR) is 134 cm³/mol. The summed E-state index contributed by atoms with van der Waals surface area (Å²) in [5.41, 5.74) is 3.19. The van der Waals surface area contributed by atoms with E-state index in [4.69, 9.17) is 18.9 Å². The average Bonchev–Trinajstić information content (AvgIpc) is 2.91. The molecule has 0 bridgehead atoms. The van der Waals surface area contributed by atoms with Crippen molar-refractivity contribution in [1.29, 1.82) is 0 Å². The molecule has 2 heterocycles. The minimum Gasteiger partial charge on any atom is -0.492 e. The number of ketones is 1. The van der Waals surface area contributed by atoms with Gasteiger partial charge in [0, 0.05) is 31.3 Å². The molecule has 0 radical (unpaired) electrons. The molecule has 2 aliphatic heterocycles. The molecule has 3 aromatic carbocycles. The lowest BCUT2D eigenvalue weighted by Gasteiger charge is -2.26. The second-order valence-electron chi connectivity index (χ2n) is 8.59. The summed E-state index contributed by atoms with van der Waals surface area (Å²) in [6, 6.07) is 23.1. The van der Waals surface area contributed by atoms with E-state index >= 15 is 0 Å². The van der Waals surface area contributed by atoms with E-state index in [-0.39, 0.29) is 12.4 Å². The normalized spacial score (nSPS) is 17.0. The van der Waals surface area contributed by atoms with Crippen molar-refractivity contribution in [3.63, 3.8) is 0 Å². The first-order valence-corrected chi connectivity index (χ1v) is 12.0. The maximum Gasteiger partial charge on any atom is 0.196 e. The quantitative estimate of drug-likeness (QED) is 0.447. The van der Waals surface area contributed by atoms with Crippen LogP contribution in [-0.2, 0) is 11.3 Å². The highest BCUT2D eigenvalue weighted by molar-refractivity contribution is 6.14. The minimum atomic E-state index is -0.0216. The number of nitrogens with zero attached hydrogens (tertiary/aromatic N) is 1. The molecule has 1 saturated heterocycles. The molecule has 5 rings (SSSR count). The van der Waals surface area contributed by atoms with E-state index in [1.54, 1.807) is 12.1 Å². The van der Waals surface area contributed by atoms with Crippen LogP contribution in [0.4, 0.5) is 0 Å². The van der Waals surface area contributed by atoms with Gasteiger partial charge in [-0.1, -0.05) is 42.5 Å². The zero-order valence-corrected chi connectivity index (χ0v) is 19.7. The van der Waals surface area contributed by atoms with Gasteiger partial charge in [0.05, 0.1) is 18.8 Å². The molecular formula is C29H29NO5. The van der Waals surface area contributed by atoms with Crippen molar-refractivity contribution in [3.05, 3.63) is 95.1 Å². The number of benzene rings is 3. The fourth-order valence-corrected chi connectivity index (χ4v) is 4.12. The Hall–Kier alpha value is -3.61. The lowest BCUT2D eigenvalue weighted by atomic mass is 9.98. The summed E-state index contributed by atoms with van der Waals surface area (Å²) in [7, 11) is 0. The molecule has 6 nitrogen and oxygen atoms in total. The molecule has 2 aliphatic rings. The Kier molecular flexibility index (Phi) is 7.41. The third-order valence-electron chi connectivity index (χ3n) is 6.12. The van der Waals surface area contributed by atoms with Crippen LogP contribution in [0.1, 0.15) is 21.5 Å². The van der Waals surface area contributed by atoms with Gasteiger partial charge in [-0.25, -0.2) is 0 Å². The molecule has 6 heteroatoms. The van der Waals surface area contributed by atoms with Gasteiger partial charge in [-0.15, -0.1) is 0 Å². The van der Waals surface area contributed by atoms with Crippen molar-refractivity contribution in [3.8, 4) is 17.2 Å². The number of hydrogen-bond acceptors (Lipinski definition) is 6. The molecule has 0 spiro atoms. The van der Waals surface area contributed by atoms with Crippen molar-refractivity contribution in [1.82, 2.24) is 4.90 Å². The van der Waals surface area contributed by atoms with E-state index in [0.29, 0.717) is 35.8 Å². The predicted octanol–water partition coefficient (Wildman–Crippen LogP) is 4.64. The first kappa shape index (κ1) is 23.1. The summed E-state index contributed by atoms with van der Waals surface area (Å²) in [5, 5.41) is 0. The first-order valence-electron chi connectivity index (χ1n) is 12.0. The highest BCUT2D eigenvalue weighted by Crippen LogP contribution is 2.32. The second kappa shape index (κ2) is 11.2. The van der Waals surface area contributed by atoms with E-state index < -0.39 is 0 Å². The van der Waals surface area contributed by atoms with Crippen LogP contribution in [0.2, 0.25) is 0 Å². The van der Waals surface area contributed by atoms with Crippen LogP contribution in [0.25, 0.3) is 6.08 Å². The Balaban J connectivity index is 1.17. The van der Waals surface area contributed by atoms with Crippen LogP contribution in [-0.4, -0.2) is 56.7 Å². The standard InChI is InChI=1S/C29H29NO5/c31-29-24(18-22-6-8-25(9-7-22)33-17-14-30-12-15-32-16-13-30)21-35-28-19-26(10-11-27(28)29)34-20-23-4-2-1-3-5-23/h1-11,18-19H,12-17,20-21H2/b24-18+. The van der Waals surface area contributed by atoms with Crippen LogP contribution in [0.5, 0.6) is 17.2 Å². The van der Waals surface area contributed by atoms with Crippen molar-refractivity contribution in [2.75, 3.05) is 46.1 Å². The number of rotatable bonds is 8. The molecule has 0 N–H and O–H groups in total. The Morgan fingerprint density at radius 1 is 0.886 bits per heavy atom. The summed E-state index contributed by atoms with van der Waals surface area (Å²) < 4.78 is 23.0. The van der Waals surface area contributed by atoms with Gasteiger partial charge < -0.3 is 18.9 Å². The molecule has 0 atom stereocenters. The monoisotopic (exact) mass is 471 g/mol. The van der Waals surface area contributed by atoms with Crippen molar-refractivity contribution >= 4 is 11.9 Å². The topological polar surface area (TPSA) is 57.2 Å². The summed E-state index contributed by atoms with van der Waals surface area (Å²) in [5.74, 6) is 2.03. The summed E-state index contributed by atoms with van der Waals surface area (Å²) in [4.78, 5) is 15.4. The molecule has 180 valence electrons. The Bertz CT molecular complexity index is 1170. The fourth-order valence-electron chi connectivity index (χ4n) is 4.12. The Morgan fingerprint density at radius 3 is 2.46 bits per heavy atom. The zero-order chi connectivity index (χ0) is 23.9. The molecule has 0 unspecified atom stereocenters. The Labute approximate surface area is 205 Å². The maximum atomic E-state index is 13.0. The molecule has 0 aliphatic carbocycles. The van der Waals surface area contributed by atoms with Gasteiger partial charge in [0.2, 0.25) is 0 Å². The van der Waals surface area contributed by atoms with Gasteiger partial charge in [0.25, 0.3) is 0 Å². The molecule has 0 aromatic heterocycles. The summed E-state index contributed by atoms with van der Waals surface area (Å²) in [6.07, 6.45) is 1.88. The lowest BCUT2D eigenvalue weighted by Crippen LogP contribution is -2.38. The molecule has 1 fully saturated rings. The highest BCUT2D eigenvalue weighted by atomic mass is 16.5. The summed E-state index contributed by atoms with van der Waals surface area (Å²) >= 11 is 0. The van der Waals surface area contributed by atoms with Gasteiger partial charge in [-0.05, 0) is 41.5 Å². The number of Topliss-reactive ketones (excluding diaryl/α,β-unsaturated/α-hetero) is 1. The van der Waals surface area contributed by atoms with Crippen molar-refractivity contribution in [2.45, 2.75) is 6.61 Å². The first-order chi connectivity index (χ1) is 17.2. The van der Waals surface area contributed by atoms with E-state index in [2.05, 4.69) is 4.90 Å². The number of carbonyl (C=O) groups excluding carboxylic acids is 1. The highest BCUT2D eigenvalue weighted by Gasteiger charge is 2.24. The maximum absolute atomic E-state index is 13.0. The third-order valence-corrected chi connectivity index (χ3v) is 6.12. The van der Waals surface area contributed by atoms with Crippen LogP contribution in [0.3, 0.4) is 0 Å². The lowest BCUT2D eigenvalue weighted by molar-refractivity contribution is 0.0322. The van der Waals surface area contributed by atoms with E-state index in [1.165, 1.54) is 0 Å². The number of fused-ring (bicyclic) bond motifs is 1. The molecule has 3 aromatic rings. The largest absolute Gasteiger partial charge is 0.492 e. The minimum absolute atomic E-state index is 0.0216. The van der Waals surface area contributed by atoms with Gasteiger partial charge >= 0.3 is 0 Å². The van der Waals surface area contributed by atoms with Crippen molar-refractivity contribution in [2.24, 2.45) is 0 Å². The van der Waals surface area contributed by atoms with E-state index in [1.807, 2.05) is 66.7 Å². The van der Waals surface area contributed by atoms with Crippen molar-refractivity contribution < 1.29 is 23.7 Å². The van der Waals surface area contributed by atoms with Crippen LogP contribution < -0.4 is 14.2 Å². The second-order valence-corrected chi connectivity index (χ2v) is 8.59. The molecular weight excluding hydrogens is 442 g/mol. The smallest absolute Gasteiger partial charge is 0.196 e. The molecule has 0 saturated carbocycles. The number of hydrogen-bond donors (Lipinski definition) is 0. The van der Waals surface area contributed by atoms with Crippen LogP contribution in [0.15, 0.2) is 78.4 Å². The molecule has 0 amide bonds. The fraction of sp³-hybridized carbons (Fsp3) is 0.276. The van der Waals surface area contributed by atoms with Crippen LogP contribution >= 0.6 is 0 Å². The number of morpholine rings is 1. The van der Waals surface area contributed by atoms with E-state index in [0.717, 1.165) is 49.7 Å². The summed E-state index contributed by atoms with van der Waals surface area (Å²) in [6.45, 7) is 5.71. The van der Waals surface area contributed by atoms with Gasteiger partial charge in [0.15, 0.2) is 5.78 Å².